The van der Waals surface area contributed by atoms with Gasteiger partial charge in [-0.05, 0) is 74.7 Å². The molecule has 0 unspecified atom stereocenters. The van der Waals surface area contributed by atoms with Crippen molar-refractivity contribution in [3.05, 3.63) is 52.9 Å². The zero-order valence-electron chi connectivity index (χ0n) is 15.1. The number of pyridine rings is 1. The van der Waals surface area contributed by atoms with Gasteiger partial charge in [0.25, 0.3) is 0 Å². The molecule has 1 aromatic carbocycles. The topological polar surface area (TPSA) is 42.2 Å². The molecule has 1 fully saturated rings. The normalized spacial score (nSPS) is 15.9. The van der Waals surface area contributed by atoms with Gasteiger partial charge in [-0.2, -0.15) is 0 Å². The van der Waals surface area contributed by atoms with Gasteiger partial charge in [0, 0.05) is 18.3 Å². The molecule has 0 bridgehead atoms. The molecule has 0 saturated carbocycles. The van der Waals surface area contributed by atoms with Crippen LogP contribution < -0.4 is 5.32 Å². The van der Waals surface area contributed by atoms with E-state index in [-0.39, 0.29) is 0 Å². The van der Waals surface area contributed by atoms with Crippen LogP contribution in [-0.4, -0.2) is 27.5 Å². The Labute approximate surface area is 156 Å². The molecule has 5 heteroatoms. The van der Waals surface area contributed by atoms with Gasteiger partial charge in [0.05, 0.1) is 20.9 Å². The van der Waals surface area contributed by atoms with Gasteiger partial charge in [0.1, 0.15) is 5.65 Å². The first-order valence-electron chi connectivity index (χ1n) is 9.25. The van der Waals surface area contributed by atoms with Crippen LogP contribution in [-0.2, 0) is 0 Å². The Bertz CT molecular complexity index is 1100. The Morgan fingerprint density at radius 2 is 1.88 bits per heavy atom. The summed E-state index contributed by atoms with van der Waals surface area (Å²) in [7, 11) is 0. The number of benzene rings is 1. The third-order valence-electron chi connectivity index (χ3n) is 5.28. The van der Waals surface area contributed by atoms with E-state index in [0.29, 0.717) is 5.92 Å². The van der Waals surface area contributed by atoms with Crippen LogP contribution in [0.4, 0.5) is 0 Å². The van der Waals surface area contributed by atoms with Crippen LogP contribution in [0.25, 0.3) is 27.0 Å². The highest BCUT2D eigenvalue weighted by atomic mass is 32.1. The monoisotopic (exact) mass is 362 g/mol. The second-order valence-corrected chi connectivity index (χ2v) is 8.35. The number of aromatic nitrogens is 3. The van der Waals surface area contributed by atoms with E-state index in [1.54, 1.807) is 0 Å². The molecule has 0 atom stereocenters. The Hall–Kier alpha value is -2.24. The molecule has 0 aliphatic carbocycles. The lowest BCUT2D eigenvalue weighted by Crippen LogP contribution is -2.26. The fraction of sp³-hybridized carbons (Fsp3) is 0.333. The molecule has 1 aliphatic rings. The summed E-state index contributed by atoms with van der Waals surface area (Å²) in [6.45, 7) is 6.38. The number of hydrogen-bond donors (Lipinski definition) is 1. The average Bonchev–Trinajstić information content (AvgIpc) is 3.24. The summed E-state index contributed by atoms with van der Waals surface area (Å²) in [5.41, 5.74) is 6.90. The molecule has 0 spiro atoms. The predicted molar refractivity (Wildman–Crippen MR) is 108 cm³/mol. The average molecular weight is 363 g/mol. The summed E-state index contributed by atoms with van der Waals surface area (Å²) in [4.78, 5) is 9.52. The summed E-state index contributed by atoms with van der Waals surface area (Å²) in [6, 6.07) is 8.89. The minimum Gasteiger partial charge on any atom is -0.317 e. The Kier molecular flexibility index (Phi) is 3.80. The second kappa shape index (κ2) is 6.18. The molecular weight excluding hydrogens is 340 g/mol. The van der Waals surface area contributed by atoms with E-state index < -0.39 is 0 Å². The highest BCUT2D eigenvalue weighted by molar-refractivity contribution is 7.18. The zero-order chi connectivity index (χ0) is 17.7. The number of aryl methyl sites for hydroxylation is 2. The van der Waals surface area contributed by atoms with Gasteiger partial charge < -0.3 is 9.72 Å². The summed E-state index contributed by atoms with van der Waals surface area (Å²) in [5.74, 6) is 0.615. The van der Waals surface area contributed by atoms with Crippen LogP contribution in [0.1, 0.15) is 35.0 Å². The van der Waals surface area contributed by atoms with Crippen molar-refractivity contribution in [2.45, 2.75) is 32.6 Å². The van der Waals surface area contributed by atoms with Gasteiger partial charge >= 0.3 is 0 Å². The van der Waals surface area contributed by atoms with Crippen molar-refractivity contribution in [1.82, 2.24) is 19.7 Å². The molecule has 26 heavy (non-hydrogen) atoms. The number of rotatable bonds is 2. The minimum atomic E-state index is 0.615. The SMILES string of the molecule is Cc1cn2cc(-c3ccc4nc(C5CCNCC5)sc4c3)cc(C)c2n1. The molecule has 1 N–H and O–H groups in total. The van der Waals surface area contributed by atoms with Crippen molar-refractivity contribution in [1.29, 1.82) is 0 Å². The quantitative estimate of drug-likeness (QED) is 0.562. The number of hydrogen-bond acceptors (Lipinski definition) is 4. The number of imidazole rings is 1. The summed E-state index contributed by atoms with van der Waals surface area (Å²) in [5, 5.41) is 4.74. The minimum absolute atomic E-state index is 0.615. The van der Waals surface area contributed by atoms with Crippen molar-refractivity contribution in [2.24, 2.45) is 0 Å². The second-order valence-electron chi connectivity index (χ2n) is 7.28. The highest BCUT2D eigenvalue weighted by Gasteiger charge is 2.19. The van der Waals surface area contributed by atoms with E-state index in [4.69, 9.17) is 4.98 Å². The maximum absolute atomic E-state index is 4.92. The van der Waals surface area contributed by atoms with E-state index in [1.807, 2.05) is 18.3 Å². The number of nitrogens with zero attached hydrogens (tertiary/aromatic N) is 3. The molecule has 4 aromatic rings. The van der Waals surface area contributed by atoms with Crippen molar-refractivity contribution in [2.75, 3.05) is 13.1 Å². The number of nitrogens with one attached hydrogen (secondary N) is 1. The Balaban J connectivity index is 1.56. The molecule has 0 radical (unpaired) electrons. The molecule has 4 nitrogen and oxygen atoms in total. The summed E-state index contributed by atoms with van der Waals surface area (Å²) < 4.78 is 3.42. The van der Waals surface area contributed by atoms with Crippen molar-refractivity contribution >= 4 is 27.2 Å². The Morgan fingerprint density at radius 1 is 1.04 bits per heavy atom. The van der Waals surface area contributed by atoms with Gasteiger partial charge in [-0.25, -0.2) is 9.97 Å². The molecule has 0 amide bonds. The summed E-state index contributed by atoms with van der Waals surface area (Å²) >= 11 is 1.87. The fourth-order valence-electron chi connectivity index (χ4n) is 3.91. The van der Waals surface area contributed by atoms with E-state index >= 15 is 0 Å². The molecule has 3 aromatic heterocycles. The molecule has 4 heterocycles. The van der Waals surface area contributed by atoms with E-state index in [1.165, 1.54) is 39.2 Å². The van der Waals surface area contributed by atoms with Crippen LogP contribution in [0.15, 0.2) is 36.7 Å². The van der Waals surface area contributed by atoms with Crippen molar-refractivity contribution < 1.29 is 0 Å². The van der Waals surface area contributed by atoms with E-state index in [0.717, 1.165) is 29.9 Å². The van der Waals surface area contributed by atoms with Crippen LogP contribution in [0.5, 0.6) is 0 Å². The number of piperidine rings is 1. The molecule has 132 valence electrons. The van der Waals surface area contributed by atoms with Gasteiger partial charge in [-0.3, -0.25) is 0 Å². The van der Waals surface area contributed by atoms with Crippen molar-refractivity contribution in [3.63, 3.8) is 0 Å². The van der Waals surface area contributed by atoms with Gasteiger partial charge in [-0.1, -0.05) is 6.07 Å². The first kappa shape index (κ1) is 16.0. The summed E-state index contributed by atoms with van der Waals surface area (Å²) in [6.07, 6.45) is 6.66. The van der Waals surface area contributed by atoms with E-state index in [9.17, 15) is 0 Å². The third kappa shape index (κ3) is 2.72. The first-order valence-corrected chi connectivity index (χ1v) is 10.1. The van der Waals surface area contributed by atoms with Gasteiger partial charge in [-0.15, -0.1) is 11.3 Å². The van der Waals surface area contributed by atoms with Gasteiger partial charge in [0.15, 0.2) is 0 Å². The van der Waals surface area contributed by atoms with Crippen LogP contribution in [0.2, 0.25) is 0 Å². The molecule has 5 rings (SSSR count). The lowest BCUT2D eigenvalue weighted by atomic mass is 9.99. The highest BCUT2D eigenvalue weighted by Crippen LogP contribution is 2.34. The fourth-order valence-corrected chi connectivity index (χ4v) is 5.09. The molecular formula is C21H22N4S. The first-order chi connectivity index (χ1) is 12.7. The number of thiazole rings is 1. The third-order valence-corrected chi connectivity index (χ3v) is 6.46. The number of fused-ring (bicyclic) bond motifs is 2. The lowest BCUT2D eigenvalue weighted by molar-refractivity contribution is 0.459. The zero-order valence-corrected chi connectivity index (χ0v) is 15.9. The maximum Gasteiger partial charge on any atom is 0.139 e. The van der Waals surface area contributed by atoms with Crippen LogP contribution >= 0.6 is 11.3 Å². The maximum atomic E-state index is 4.92. The lowest BCUT2D eigenvalue weighted by Gasteiger charge is -2.20. The predicted octanol–water partition coefficient (Wildman–Crippen LogP) is 4.69. The van der Waals surface area contributed by atoms with Gasteiger partial charge in [0.2, 0.25) is 0 Å². The van der Waals surface area contributed by atoms with Crippen LogP contribution in [0.3, 0.4) is 0 Å². The molecule has 1 aliphatic heterocycles. The van der Waals surface area contributed by atoms with Crippen LogP contribution in [0, 0.1) is 13.8 Å². The smallest absolute Gasteiger partial charge is 0.139 e. The van der Waals surface area contributed by atoms with E-state index in [2.05, 4.69) is 58.3 Å². The largest absolute Gasteiger partial charge is 0.317 e. The van der Waals surface area contributed by atoms with Crippen molar-refractivity contribution in [3.8, 4) is 11.1 Å². The molecule has 1 saturated heterocycles. The Morgan fingerprint density at radius 3 is 2.73 bits per heavy atom. The standard InChI is InChI=1S/C21H22N4S/c1-13-9-17(12-25-11-14(2)23-20(13)25)16-3-4-18-19(10-16)26-21(24-18)15-5-7-22-8-6-15/h3-4,9-12,15,22H,5-8H2,1-2H3.